The first kappa shape index (κ1) is 16.8. The van der Waals surface area contributed by atoms with Crippen LogP contribution in [0.1, 0.15) is 11.1 Å². The molecule has 0 spiro atoms. The van der Waals surface area contributed by atoms with E-state index in [4.69, 9.17) is 14.2 Å². The van der Waals surface area contributed by atoms with Gasteiger partial charge in [-0.1, -0.05) is 30.3 Å². The molecule has 1 aliphatic heterocycles. The molecule has 1 fully saturated rings. The molecule has 0 atom stereocenters. The van der Waals surface area contributed by atoms with E-state index in [1.807, 2.05) is 22.9 Å². The second-order valence-corrected chi connectivity index (χ2v) is 6.44. The standard InChI is InChI=1S/C21H22N2O3/c1-16-13-18(5-8-20(16)17-3-6-19(24-2)7-4-17)21(25-11-12-26-21)14-23-10-9-22-15-23/h3-10,13,15H,11-12,14H2,1-2H3. The van der Waals surface area contributed by atoms with Crippen LogP contribution < -0.4 is 4.74 Å². The van der Waals surface area contributed by atoms with Gasteiger partial charge in [0.15, 0.2) is 0 Å². The Balaban J connectivity index is 1.67. The van der Waals surface area contributed by atoms with Crippen molar-refractivity contribution in [3.05, 3.63) is 72.3 Å². The maximum absolute atomic E-state index is 6.04. The number of rotatable bonds is 5. The van der Waals surface area contributed by atoms with E-state index >= 15 is 0 Å². The first-order valence-electron chi connectivity index (χ1n) is 8.69. The Hall–Kier alpha value is -2.63. The maximum atomic E-state index is 6.04. The van der Waals surface area contributed by atoms with Crippen molar-refractivity contribution < 1.29 is 14.2 Å². The Morgan fingerprint density at radius 3 is 2.50 bits per heavy atom. The lowest BCUT2D eigenvalue weighted by Gasteiger charge is -2.29. The van der Waals surface area contributed by atoms with Crippen LogP contribution in [0, 0.1) is 6.92 Å². The van der Waals surface area contributed by atoms with Gasteiger partial charge in [0.25, 0.3) is 0 Å². The summed E-state index contributed by atoms with van der Waals surface area (Å²) in [7, 11) is 1.68. The largest absolute Gasteiger partial charge is 0.497 e. The summed E-state index contributed by atoms with van der Waals surface area (Å²) < 4.78 is 19.3. The van der Waals surface area contributed by atoms with E-state index in [2.05, 4.69) is 42.2 Å². The Morgan fingerprint density at radius 1 is 1.12 bits per heavy atom. The lowest BCUT2D eigenvalue weighted by Crippen LogP contribution is -2.32. The van der Waals surface area contributed by atoms with E-state index in [1.54, 1.807) is 19.6 Å². The number of methoxy groups -OCH3 is 1. The fourth-order valence-corrected chi connectivity index (χ4v) is 3.42. The number of nitrogens with zero attached hydrogens (tertiary/aromatic N) is 2. The summed E-state index contributed by atoms with van der Waals surface area (Å²) >= 11 is 0. The topological polar surface area (TPSA) is 45.5 Å². The number of benzene rings is 2. The third-order valence-electron chi connectivity index (χ3n) is 4.77. The van der Waals surface area contributed by atoms with Crippen molar-refractivity contribution in [2.75, 3.05) is 20.3 Å². The van der Waals surface area contributed by atoms with Crippen molar-refractivity contribution in [1.29, 1.82) is 0 Å². The average Bonchev–Trinajstić information content (AvgIpc) is 3.35. The van der Waals surface area contributed by atoms with Crippen molar-refractivity contribution in [3.63, 3.8) is 0 Å². The third kappa shape index (κ3) is 3.11. The quantitative estimate of drug-likeness (QED) is 0.703. The summed E-state index contributed by atoms with van der Waals surface area (Å²) in [6.45, 7) is 3.87. The van der Waals surface area contributed by atoms with Gasteiger partial charge in [-0.15, -0.1) is 0 Å². The number of hydrogen-bond acceptors (Lipinski definition) is 4. The molecule has 0 bridgehead atoms. The van der Waals surface area contributed by atoms with Crippen molar-refractivity contribution in [2.45, 2.75) is 19.3 Å². The van der Waals surface area contributed by atoms with Crippen LogP contribution >= 0.6 is 0 Å². The molecule has 5 nitrogen and oxygen atoms in total. The molecule has 4 rings (SSSR count). The van der Waals surface area contributed by atoms with E-state index in [-0.39, 0.29) is 0 Å². The highest BCUT2D eigenvalue weighted by Crippen LogP contribution is 2.36. The minimum atomic E-state index is -0.760. The van der Waals surface area contributed by atoms with Crippen LogP contribution in [0.2, 0.25) is 0 Å². The lowest BCUT2D eigenvalue weighted by atomic mass is 9.95. The van der Waals surface area contributed by atoms with Crippen molar-refractivity contribution >= 4 is 0 Å². The Morgan fingerprint density at radius 2 is 1.88 bits per heavy atom. The van der Waals surface area contributed by atoms with Gasteiger partial charge in [-0.2, -0.15) is 0 Å². The molecule has 26 heavy (non-hydrogen) atoms. The number of ether oxygens (including phenoxy) is 3. The molecular formula is C21H22N2O3. The van der Waals surface area contributed by atoms with E-state index < -0.39 is 5.79 Å². The molecule has 1 aliphatic rings. The van der Waals surface area contributed by atoms with E-state index in [9.17, 15) is 0 Å². The molecule has 2 heterocycles. The van der Waals surface area contributed by atoms with Gasteiger partial charge >= 0.3 is 0 Å². The zero-order chi connectivity index (χ0) is 18.0. The molecule has 134 valence electrons. The van der Waals surface area contributed by atoms with Crippen LogP contribution in [-0.4, -0.2) is 29.9 Å². The second-order valence-electron chi connectivity index (χ2n) is 6.44. The zero-order valence-electron chi connectivity index (χ0n) is 15.0. The number of imidazole rings is 1. The maximum Gasteiger partial charge on any atom is 0.213 e. The Bertz CT molecular complexity index is 867. The lowest BCUT2D eigenvalue weighted by molar-refractivity contribution is -0.176. The summed E-state index contributed by atoms with van der Waals surface area (Å²) in [6.07, 6.45) is 5.47. The molecule has 0 unspecified atom stereocenters. The first-order valence-corrected chi connectivity index (χ1v) is 8.69. The van der Waals surface area contributed by atoms with E-state index in [0.717, 1.165) is 16.9 Å². The highest BCUT2D eigenvalue weighted by molar-refractivity contribution is 5.68. The van der Waals surface area contributed by atoms with Crippen LogP contribution in [0.15, 0.2) is 61.2 Å². The predicted octanol–water partition coefficient (Wildman–Crippen LogP) is 3.77. The summed E-state index contributed by atoms with van der Waals surface area (Å²) in [4.78, 5) is 4.12. The van der Waals surface area contributed by atoms with Crippen molar-refractivity contribution in [3.8, 4) is 16.9 Å². The first-order chi connectivity index (χ1) is 12.7. The molecule has 0 radical (unpaired) electrons. The highest BCUT2D eigenvalue weighted by atomic mass is 16.7. The van der Waals surface area contributed by atoms with Gasteiger partial charge in [0.2, 0.25) is 5.79 Å². The van der Waals surface area contributed by atoms with E-state index in [0.29, 0.717) is 19.8 Å². The minimum Gasteiger partial charge on any atom is -0.497 e. The number of hydrogen-bond donors (Lipinski definition) is 0. The van der Waals surface area contributed by atoms with Crippen LogP contribution in [0.4, 0.5) is 0 Å². The summed E-state index contributed by atoms with van der Waals surface area (Å²) in [5.41, 5.74) is 4.55. The Kier molecular flexibility index (Phi) is 4.49. The van der Waals surface area contributed by atoms with E-state index in [1.165, 1.54) is 11.1 Å². The summed E-state index contributed by atoms with van der Waals surface area (Å²) in [5, 5.41) is 0. The number of aryl methyl sites for hydroxylation is 1. The van der Waals surface area contributed by atoms with Gasteiger partial charge in [-0.05, 0) is 35.7 Å². The molecule has 2 aromatic carbocycles. The normalized spacial score (nSPS) is 15.9. The summed E-state index contributed by atoms with van der Waals surface area (Å²) in [6, 6.07) is 14.5. The van der Waals surface area contributed by atoms with Gasteiger partial charge in [0.1, 0.15) is 5.75 Å². The molecular weight excluding hydrogens is 328 g/mol. The van der Waals surface area contributed by atoms with Crippen LogP contribution in [-0.2, 0) is 21.8 Å². The van der Waals surface area contributed by atoms with Crippen LogP contribution in [0.5, 0.6) is 5.75 Å². The predicted molar refractivity (Wildman–Crippen MR) is 99.0 cm³/mol. The van der Waals surface area contributed by atoms with Gasteiger partial charge < -0.3 is 18.8 Å². The monoisotopic (exact) mass is 350 g/mol. The van der Waals surface area contributed by atoms with Gasteiger partial charge in [0, 0.05) is 18.0 Å². The fraction of sp³-hybridized carbons (Fsp3) is 0.286. The van der Waals surface area contributed by atoms with Gasteiger partial charge in [0.05, 0.1) is 33.2 Å². The van der Waals surface area contributed by atoms with Crippen molar-refractivity contribution in [2.24, 2.45) is 0 Å². The minimum absolute atomic E-state index is 0.578. The highest BCUT2D eigenvalue weighted by Gasteiger charge is 2.39. The second kappa shape index (κ2) is 6.94. The molecule has 3 aromatic rings. The van der Waals surface area contributed by atoms with Crippen molar-refractivity contribution in [1.82, 2.24) is 9.55 Å². The molecule has 0 aliphatic carbocycles. The molecule has 0 N–H and O–H groups in total. The molecule has 5 heteroatoms. The van der Waals surface area contributed by atoms with Gasteiger partial charge in [-0.3, -0.25) is 0 Å². The number of aromatic nitrogens is 2. The Labute approximate surface area is 153 Å². The smallest absolute Gasteiger partial charge is 0.213 e. The fourth-order valence-electron chi connectivity index (χ4n) is 3.42. The molecule has 1 saturated heterocycles. The molecule has 0 amide bonds. The van der Waals surface area contributed by atoms with Crippen LogP contribution in [0.25, 0.3) is 11.1 Å². The summed E-state index contributed by atoms with van der Waals surface area (Å²) in [5.74, 6) is 0.0965. The SMILES string of the molecule is COc1ccc(-c2ccc(C3(Cn4ccnc4)OCCO3)cc2C)cc1. The molecule has 1 aromatic heterocycles. The zero-order valence-corrected chi connectivity index (χ0v) is 15.0. The third-order valence-corrected chi connectivity index (χ3v) is 4.77. The molecule has 0 saturated carbocycles. The van der Waals surface area contributed by atoms with Crippen LogP contribution in [0.3, 0.4) is 0 Å². The van der Waals surface area contributed by atoms with Gasteiger partial charge in [-0.25, -0.2) is 4.98 Å². The average molecular weight is 350 g/mol.